The smallest absolute Gasteiger partial charge is 0.242 e. The molecular weight excluding hydrogens is 262 g/mol. The predicted octanol–water partition coefficient (Wildman–Crippen LogP) is 0.298. The van der Waals surface area contributed by atoms with Gasteiger partial charge in [0.15, 0.2) is 5.11 Å². The predicted molar refractivity (Wildman–Crippen MR) is 69.4 cm³/mol. The molecule has 4 N–H and O–H groups in total. The van der Waals surface area contributed by atoms with E-state index in [0.717, 1.165) is 10.4 Å². The number of nitrogens with two attached hydrogens (primary N) is 1. The van der Waals surface area contributed by atoms with E-state index < -0.39 is 10.0 Å². The maximum Gasteiger partial charge on any atom is 0.242 e. The van der Waals surface area contributed by atoms with Crippen molar-refractivity contribution in [2.45, 2.75) is 4.90 Å². The lowest BCUT2D eigenvalue weighted by Crippen LogP contribution is -2.22. The lowest BCUT2D eigenvalue weighted by molar-refractivity contribution is 0.474. The Balaban J connectivity index is 3.18. The topological polar surface area (TPSA) is 95.7 Å². The minimum Gasteiger partial charge on any atom is -0.506 e. The van der Waals surface area contributed by atoms with Gasteiger partial charge in [-0.25, -0.2) is 12.7 Å². The number of nitrogens with one attached hydrogen (secondary N) is 1. The monoisotopic (exact) mass is 275 g/mol. The molecule has 0 spiro atoms. The number of phenolic OH excluding ortho intramolecular Hbond substituents is 1. The Morgan fingerprint density at radius 1 is 1.47 bits per heavy atom. The summed E-state index contributed by atoms with van der Waals surface area (Å²) in [5.41, 5.74) is 5.51. The van der Waals surface area contributed by atoms with Gasteiger partial charge in [0.2, 0.25) is 10.0 Å². The Hall–Kier alpha value is -1.38. The molecule has 0 fully saturated rings. The number of benzene rings is 1. The Labute approximate surface area is 105 Å². The number of hydrogen-bond donors (Lipinski definition) is 3. The Kier molecular flexibility index (Phi) is 3.91. The third-order valence-electron chi connectivity index (χ3n) is 2.01. The maximum absolute atomic E-state index is 11.8. The number of rotatable bonds is 3. The Bertz CT molecular complexity index is 540. The van der Waals surface area contributed by atoms with E-state index in [1.807, 2.05) is 0 Å². The van der Waals surface area contributed by atoms with Gasteiger partial charge in [-0.1, -0.05) is 0 Å². The van der Waals surface area contributed by atoms with Crippen LogP contribution in [0, 0.1) is 0 Å². The average Bonchev–Trinajstić information content (AvgIpc) is 2.20. The second-order valence-electron chi connectivity index (χ2n) is 3.46. The highest BCUT2D eigenvalue weighted by atomic mass is 32.2. The summed E-state index contributed by atoms with van der Waals surface area (Å²) < 4.78 is 24.6. The van der Waals surface area contributed by atoms with E-state index in [1.54, 1.807) is 0 Å². The van der Waals surface area contributed by atoms with Crippen molar-refractivity contribution < 1.29 is 13.5 Å². The van der Waals surface area contributed by atoms with Crippen molar-refractivity contribution in [3.8, 4) is 5.75 Å². The highest BCUT2D eigenvalue weighted by molar-refractivity contribution is 7.89. The van der Waals surface area contributed by atoms with Gasteiger partial charge in [0.25, 0.3) is 0 Å². The van der Waals surface area contributed by atoms with Crippen LogP contribution < -0.4 is 11.1 Å². The lowest BCUT2D eigenvalue weighted by atomic mass is 10.3. The summed E-state index contributed by atoms with van der Waals surface area (Å²) in [6.45, 7) is 0. The van der Waals surface area contributed by atoms with Gasteiger partial charge in [0.1, 0.15) is 5.75 Å². The molecule has 1 rings (SSSR count). The van der Waals surface area contributed by atoms with Crippen LogP contribution in [0.3, 0.4) is 0 Å². The first kappa shape index (κ1) is 13.7. The van der Waals surface area contributed by atoms with Crippen LogP contribution in [0.1, 0.15) is 0 Å². The molecule has 8 heteroatoms. The van der Waals surface area contributed by atoms with Crippen LogP contribution >= 0.6 is 12.2 Å². The fraction of sp³-hybridized carbons (Fsp3) is 0.222. The van der Waals surface area contributed by atoms with Gasteiger partial charge in [0, 0.05) is 20.2 Å². The molecule has 0 unspecified atom stereocenters. The minimum atomic E-state index is -3.56. The van der Waals surface area contributed by atoms with Crippen LogP contribution in [-0.2, 0) is 10.0 Å². The SMILES string of the molecule is CN(C)S(=O)(=O)c1ccc(NC(N)=S)c(O)c1. The van der Waals surface area contributed by atoms with Crippen molar-refractivity contribution in [1.29, 1.82) is 0 Å². The van der Waals surface area contributed by atoms with E-state index in [1.165, 1.54) is 26.2 Å². The second-order valence-corrected chi connectivity index (χ2v) is 6.05. The molecule has 0 aliphatic heterocycles. The highest BCUT2D eigenvalue weighted by Gasteiger charge is 2.18. The maximum atomic E-state index is 11.8. The average molecular weight is 275 g/mol. The van der Waals surface area contributed by atoms with E-state index in [9.17, 15) is 13.5 Å². The molecule has 0 bridgehead atoms. The van der Waals surface area contributed by atoms with Crippen LogP contribution in [0.5, 0.6) is 5.75 Å². The zero-order valence-electron chi connectivity index (χ0n) is 9.34. The van der Waals surface area contributed by atoms with E-state index in [2.05, 4.69) is 17.5 Å². The summed E-state index contributed by atoms with van der Waals surface area (Å²) in [6.07, 6.45) is 0. The van der Waals surface area contributed by atoms with Gasteiger partial charge in [-0.3, -0.25) is 0 Å². The third kappa shape index (κ3) is 3.05. The normalized spacial score (nSPS) is 11.5. The van der Waals surface area contributed by atoms with E-state index in [-0.39, 0.29) is 21.4 Å². The van der Waals surface area contributed by atoms with E-state index >= 15 is 0 Å². The fourth-order valence-electron chi connectivity index (χ4n) is 1.12. The molecule has 0 radical (unpaired) electrons. The van der Waals surface area contributed by atoms with Crippen LogP contribution in [-0.4, -0.2) is 37.0 Å². The molecule has 0 amide bonds. The molecular formula is C9H13N3O3S2. The fourth-order valence-corrected chi connectivity index (χ4v) is 2.15. The molecule has 6 nitrogen and oxygen atoms in total. The van der Waals surface area contributed by atoms with Crippen LogP contribution in [0.4, 0.5) is 5.69 Å². The van der Waals surface area contributed by atoms with Gasteiger partial charge in [0.05, 0.1) is 10.6 Å². The van der Waals surface area contributed by atoms with Gasteiger partial charge >= 0.3 is 0 Å². The molecule has 0 aliphatic rings. The van der Waals surface area contributed by atoms with Crippen molar-refractivity contribution >= 4 is 33.0 Å². The summed E-state index contributed by atoms with van der Waals surface area (Å²) in [4.78, 5) is -0.00603. The summed E-state index contributed by atoms with van der Waals surface area (Å²) in [5.74, 6) is -0.235. The summed E-state index contributed by atoms with van der Waals surface area (Å²) in [6, 6.07) is 3.89. The molecule has 0 atom stereocenters. The number of aromatic hydroxyl groups is 1. The molecule has 17 heavy (non-hydrogen) atoms. The zero-order chi connectivity index (χ0) is 13.2. The Morgan fingerprint density at radius 2 is 2.06 bits per heavy atom. The molecule has 1 aromatic carbocycles. The van der Waals surface area contributed by atoms with Gasteiger partial charge < -0.3 is 16.2 Å². The second kappa shape index (κ2) is 4.86. The summed E-state index contributed by atoms with van der Waals surface area (Å²) in [7, 11) is -0.743. The van der Waals surface area contributed by atoms with Crippen molar-refractivity contribution in [3.05, 3.63) is 18.2 Å². The first-order valence-electron chi connectivity index (χ1n) is 4.57. The van der Waals surface area contributed by atoms with E-state index in [4.69, 9.17) is 5.73 Å². The van der Waals surface area contributed by atoms with Crippen molar-refractivity contribution in [1.82, 2.24) is 4.31 Å². The van der Waals surface area contributed by atoms with Crippen molar-refractivity contribution in [2.24, 2.45) is 5.73 Å². The molecule has 1 aromatic rings. The lowest BCUT2D eigenvalue weighted by Gasteiger charge is -2.13. The largest absolute Gasteiger partial charge is 0.506 e. The molecule has 94 valence electrons. The minimum absolute atomic E-state index is 0.00603. The molecule has 0 heterocycles. The van der Waals surface area contributed by atoms with Crippen LogP contribution in [0.25, 0.3) is 0 Å². The first-order valence-corrected chi connectivity index (χ1v) is 6.42. The van der Waals surface area contributed by atoms with Gasteiger partial charge in [-0.05, 0) is 24.4 Å². The molecule has 0 aromatic heterocycles. The summed E-state index contributed by atoms with van der Waals surface area (Å²) in [5, 5.41) is 12.1. The number of nitrogens with zero attached hydrogens (tertiary/aromatic N) is 1. The molecule has 0 saturated carbocycles. The van der Waals surface area contributed by atoms with Crippen molar-refractivity contribution in [3.63, 3.8) is 0 Å². The van der Waals surface area contributed by atoms with Crippen LogP contribution in [0.15, 0.2) is 23.1 Å². The first-order chi connectivity index (χ1) is 7.75. The van der Waals surface area contributed by atoms with Crippen molar-refractivity contribution in [2.75, 3.05) is 19.4 Å². The van der Waals surface area contributed by atoms with Crippen LogP contribution in [0.2, 0.25) is 0 Å². The number of sulfonamides is 1. The summed E-state index contributed by atoms with van der Waals surface area (Å²) >= 11 is 4.61. The molecule has 0 saturated heterocycles. The zero-order valence-corrected chi connectivity index (χ0v) is 11.0. The highest BCUT2D eigenvalue weighted by Crippen LogP contribution is 2.27. The third-order valence-corrected chi connectivity index (χ3v) is 3.92. The number of thiocarbonyl (C=S) groups is 1. The number of anilines is 1. The standard InChI is InChI=1S/C9H13N3O3S2/c1-12(2)17(14,15)6-3-4-7(8(13)5-6)11-9(10)16/h3-5,13H,1-2H3,(H3,10,11,16). The Morgan fingerprint density at radius 3 is 2.47 bits per heavy atom. The van der Waals surface area contributed by atoms with Gasteiger partial charge in [-0.2, -0.15) is 0 Å². The van der Waals surface area contributed by atoms with Gasteiger partial charge in [-0.15, -0.1) is 0 Å². The van der Waals surface area contributed by atoms with E-state index in [0.29, 0.717) is 0 Å². The number of hydrogen-bond acceptors (Lipinski definition) is 4. The quantitative estimate of drug-likeness (QED) is 0.542. The number of phenols is 1. The molecule has 0 aliphatic carbocycles.